The summed E-state index contributed by atoms with van der Waals surface area (Å²) < 4.78 is 0. The highest BCUT2D eigenvalue weighted by Crippen LogP contribution is 2.16. The van der Waals surface area contributed by atoms with Gasteiger partial charge in [-0.05, 0) is 46.7 Å². The zero-order valence-corrected chi connectivity index (χ0v) is 10.1. The van der Waals surface area contributed by atoms with E-state index < -0.39 is 0 Å². The van der Waals surface area contributed by atoms with Crippen molar-refractivity contribution < 1.29 is 0 Å². The molecule has 0 saturated carbocycles. The smallest absolute Gasteiger partial charge is 0.0905 e. The topological polar surface area (TPSA) is 53.1 Å². The average Bonchev–Trinajstić information content (AvgIpc) is 2.11. The van der Waals surface area contributed by atoms with Gasteiger partial charge in [-0.3, -0.25) is 5.41 Å². The summed E-state index contributed by atoms with van der Waals surface area (Å²) in [6, 6.07) is 0. The minimum atomic E-state index is 0.288. The first kappa shape index (κ1) is 13.4. The Bertz CT molecular complexity index is 175. The maximum absolute atomic E-state index is 7.10. The molecule has 0 radical (unpaired) electrons. The Labute approximate surface area is 88.2 Å². The highest BCUT2D eigenvalue weighted by atomic mass is 15.2. The molecule has 0 fully saturated rings. The quantitative estimate of drug-likeness (QED) is 0.375. The Morgan fingerprint density at radius 3 is 2.36 bits per heavy atom. The van der Waals surface area contributed by atoms with Crippen LogP contribution in [0.25, 0.3) is 0 Å². The van der Waals surface area contributed by atoms with Gasteiger partial charge in [0.1, 0.15) is 0 Å². The van der Waals surface area contributed by atoms with E-state index in [1.807, 2.05) is 0 Å². The van der Waals surface area contributed by atoms with Crippen molar-refractivity contribution in [2.45, 2.75) is 52.0 Å². The Morgan fingerprint density at radius 2 is 1.93 bits per heavy atom. The van der Waals surface area contributed by atoms with Gasteiger partial charge in [-0.25, -0.2) is 0 Å². The van der Waals surface area contributed by atoms with Crippen molar-refractivity contribution in [3.63, 3.8) is 0 Å². The van der Waals surface area contributed by atoms with Crippen molar-refractivity contribution in [3.8, 4) is 0 Å². The average molecular weight is 199 g/mol. The summed E-state index contributed by atoms with van der Waals surface area (Å²) in [6.07, 6.45) is 4.05. The second-order valence-electron chi connectivity index (χ2n) is 4.57. The molecule has 84 valence electrons. The molecule has 3 nitrogen and oxygen atoms in total. The molecule has 0 bridgehead atoms. The molecule has 0 atom stereocenters. The number of amidine groups is 1. The molecular formula is C11H25N3. The second kappa shape index (κ2) is 6.02. The van der Waals surface area contributed by atoms with Crippen LogP contribution >= 0.6 is 0 Å². The van der Waals surface area contributed by atoms with Gasteiger partial charge in [-0.2, -0.15) is 0 Å². The molecule has 0 heterocycles. The van der Waals surface area contributed by atoms with E-state index in [1.165, 1.54) is 0 Å². The summed E-state index contributed by atoms with van der Waals surface area (Å²) >= 11 is 0. The Balaban J connectivity index is 3.63. The van der Waals surface area contributed by atoms with Gasteiger partial charge >= 0.3 is 0 Å². The lowest BCUT2D eigenvalue weighted by Crippen LogP contribution is -2.40. The lowest BCUT2D eigenvalue weighted by atomic mass is 9.99. The summed E-state index contributed by atoms with van der Waals surface area (Å²) in [5.74, 6) is 0.308. The van der Waals surface area contributed by atoms with Gasteiger partial charge in [0.05, 0.1) is 5.84 Å². The number of nitrogens with one attached hydrogen (secondary N) is 1. The van der Waals surface area contributed by atoms with Crippen molar-refractivity contribution in [1.29, 1.82) is 5.41 Å². The molecule has 14 heavy (non-hydrogen) atoms. The largest absolute Gasteiger partial charge is 0.388 e. The molecule has 0 amide bonds. The fourth-order valence-corrected chi connectivity index (χ4v) is 1.24. The molecule has 0 rings (SSSR count). The summed E-state index contributed by atoms with van der Waals surface area (Å²) in [4.78, 5) is 2.38. The first-order valence-electron chi connectivity index (χ1n) is 5.44. The van der Waals surface area contributed by atoms with E-state index in [2.05, 4.69) is 32.7 Å². The molecule has 0 spiro atoms. The van der Waals surface area contributed by atoms with Gasteiger partial charge in [-0.15, -0.1) is 0 Å². The maximum Gasteiger partial charge on any atom is 0.0905 e. The van der Waals surface area contributed by atoms with Crippen LogP contribution in [0.2, 0.25) is 0 Å². The second-order valence-corrected chi connectivity index (χ2v) is 4.57. The predicted octanol–water partition coefficient (Wildman–Crippen LogP) is 2.21. The lowest BCUT2D eigenvalue weighted by Gasteiger charge is -2.34. The predicted molar refractivity (Wildman–Crippen MR) is 62.8 cm³/mol. The SMILES string of the molecule is CCC(C)(C)N(C)CCCCC(=N)N. The first-order chi connectivity index (χ1) is 6.40. The highest BCUT2D eigenvalue weighted by molar-refractivity contribution is 5.76. The fourth-order valence-electron chi connectivity index (χ4n) is 1.24. The molecule has 3 heteroatoms. The van der Waals surface area contributed by atoms with Crippen molar-refractivity contribution in [3.05, 3.63) is 0 Å². The lowest BCUT2D eigenvalue weighted by molar-refractivity contribution is 0.149. The van der Waals surface area contributed by atoms with Crippen molar-refractivity contribution in [2.24, 2.45) is 5.73 Å². The zero-order chi connectivity index (χ0) is 11.2. The first-order valence-corrected chi connectivity index (χ1v) is 5.44. The fraction of sp³-hybridized carbons (Fsp3) is 0.909. The Morgan fingerprint density at radius 1 is 1.36 bits per heavy atom. The van der Waals surface area contributed by atoms with Gasteiger partial charge in [0, 0.05) is 12.0 Å². The van der Waals surface area contributed by atoms with E-state index in [4.69, 9.17) is 11.1 Å². The number of hydrogen-bond donors (Lipinski definition) is 2. The third-order valence-corrected chi connectivity index (χ3v) is 3.09. The number of nitrogens with zero attached hydrogens (tertiary/aromatic N) is 1. The van der Waals surface area contributed by atoms with Crippen LogP contribution in [0.3, 0.4) is 0 Å². The van der Waals surface area contributed by atoms with E-state index >= 15 is 0 Å². The third kappa shape index (κ3) is 5.22. The van der Waals surface area contributed by atoms with E-state index in [9.17, 15) is 0 Å². The molecule has 3 N–H and O–H groups in total. The molecular weight excluding hydrogens is 174 g/mol. The molecule has 0 aromatic rings. The van der Waals surface area contributed by atoms with E-state index in [0.29, 0.717) is 5.84 Å². The van der Waals surface area contributed by atoms with E-state index in [1.54, 1.807) is 0 Å². The number of rotatable bonds is 7. The minimum Gasteiger partial charge on any atom is -0.388 e. The van der Waals surface area contributed by atoms with Crippen LogP contribution in [0, 0.1) is 5.41 Å². The summed E-state index contributed by atoms with van der Waals surface area (Å²) in [6.45, 7) is 7.83. The minimum absolute atomic E-state index is 0.288. The van der Waals surface area contributed by atoms with Crippen molar-refractivity contribution in [1.82, 2.24) is 4.90 Å². The van der Waals surface area contributed by atoms with Gasteiger partial charge in [0.2, 0.25) is 0 Å². The van der Waals surface area contributed by atoms with Crippen LogP contribution in [0.5, 0.6) is 0 Å². The van der Waals surface area contributed by atoms with Gasteiger partial charge < -0.3 is 10.6 Å². The number of nitrogens with two attached hydrogens (primary N) is 1. The third-order valence-electron chi connectivity index (χ3n) is 3.09. The van der Waals surface area contributed by atoms with Crippen LogP contribution < -0.4 is 5.73 Å². The molecule has 0 aliphatic carbocycles. The van der Waals surface area contributed by atoms with Crippen LogP contribution in [0.15, 0.2) is 0 Å². The Hall–Kier alpha value is -0.570. The standard InChI is InChI=1S/C11H25N3/c1-5-11(2,3)14(4)9-7-6-8-10(12)13/h5-9H2,1-4H3,(H3,12,13). The summed E-state index contributed by atoms with van der Waals surface area (Å²) in [5, 5.41) is 7.10. The van der Waals surface area contributed by atoms with Crippen LogP contribution in [0.1, 0.15) is 46.5 Å². The van der Waals surface area contributed by atoms with Crippen molar-refractivity contribution >= 4 is 5.84 Å². The molecule has 0 aromatic carbocycles. The number of hydrogen-bond acceptors (Lipinski definition) is 2. The van der Waals surface area contributed by atoms with Gasteiger partial charge in [0.15, 0.2) is 0 Å². The van der Waals surface area contributed by atoms with Gasteiger partial charge in [0.25, 0.3) is 0 Å². The van der Waals surface area contributed by atoms with E-state index in [-0.39, 0.29) is 5.54 Å². The van der Waals surface area contributed by atoms with Crippen molar-refractivity contribution in [2.75, 3.05) is 13.6 Å². The van der Waals surface area contributed by atoms with Crippen LogP contribution in [0.4, 0.5) is 0 Å². The molecule has 0 unspecified atom stereocenters. The van der Waals surface area contributed by atoms with Gasteiger partial charge in [-0.1, -0.05) is 6.92 Å². The molecule has 0 aliphatic rings. The summed E-state index contributed by atoms with van der Waals surface area (Å²) in [5.41, 5.74) is 5.58. The number of unbranched alkanes of at least 4 members (excludes halogenated alkanes) is 1. The normalized spacial score (nSPS) is 12.1. The van der Waals surface area contributed by atoms with Crippen LogP contribution in [-0.2, 0) is 0 Å². The monoisotopic (exact) mass is 199 g/mol. The van der Waals surface area contributed by atoms with E-state index in [0.717, 1.165) is 32.2 Å². The highest BCUT2D eigenvalue weighted by Gasteiger charge is 2.19. The van der Waals surface area contributed by atoms with Crippen LogP contribution in [-0.4, -0.2) is 29.9 Å². The molecule has 0 aromatic heterocycles. The Kier molecular flexibility index (Phi) is 5.77. The maximum atomic E-state index is 7.10. The zero-order valence-electron chi connectivity index (χ0n) is 10.1. The molecule has 0 saturated heterocycles. The summed E-state index contributed by atoms with van der Waals surface area (Å²) in [7, 11) is 2.16. The molecule has 0 aliphatic heterocycles.